The Bertz CT molecular complexity index is 2600. The summed E-state index contributed by atoms with van der Waals surface area (Å²) in [4.78, 5) is 193. The molecule has 0 saturated carbocycles. The number of rotatable bonds is 41. The van der Waals surface area contributed by atoms with E-state index in [4.69, 9.17) is 27.0 Å². The molecule has 1 aromatic carbocycles. The third kappa shape index (κ3) is 27.8. The van der Waals surface area contributed by atoms with Gasteiger partial charge in [-0.25, -0.2) is 4.79 Å². The Morgan fingerprint density at radius 2 is 1.24 bits per heavy atom. The van der Waals surface area contributed by atoms with Crippen molar-refractivity contribution in [2.24, 2.45) is 28.1 Å². The molecule has 33 nitrogen and oxygen atoms in total. The molecule has 1 heterocycles. The zero-order chi connectivity index (χ0) is 63.9. The van der Waals surface area contributed by atoms with Crippen LogP contribution in [0.15, 0.2) is 29.3 Å². The van der Waals surface area contributed by atoms with E-state index in [9.17, 15) is 87.2 Å². The summed E-state index contributed by atoms with van der Waals surface area (Å²) >= 11 is 0.681. The summed E-state index contributed by atoms with van der Waals surface area (Å²) < 4.78 is 4.74. The molecule has 1 unspecified atom stereocenters. The lowest BCUT2D eigenvalue weighted by molar-refractivity contribution is -0.144. The van der Waals surface area contributed by atoms with E-state index in [0.29, 0.717) is 42.3 Å². The van der Waals surface area contributed by atoms with Crippen LogP contribution in [0.1, 0.15) is 103 Å². The first kappa shape index (κ1) is 72.2. The molecule has 2 rings (SSSR count). The van der Waals surface area contributed by atoms with Crippen LogP contribution < -0.4 is 59.7 Å². The topological polar surface area (TPSA) is 536 Å². The number of anilines is 1. The number of amides is 10. The van der Waals surface area contributed by atoms with Crippen LogP contribution in [0.5, 0.6) is 0 Å². The molecule has 1 aliphatic heterocycles. The predicted octanol–water partition coefficient (Wildman–Crippen LogP) is -3.91. The van der Waals surface area contributed by atoms with Crippen LogP contribution in [0.25, 0.3) is 0 Å². The van der Waals surface area contributed by atoms with E-state index in [1.807, 2.05) is 5.32 Å². The van der Waals surface area contributed by atoms with E-state index in [1.54, 1.807) is 38.1 Å². The van der Waals surface area contributed by atoms with Crippen LogP contribution >= 0.6 is 11.8 Å². The fraction of sp³-hybridized carbons (Fsp3) is 0.569. The molecule has 18 N–H and O–H groups in total. The number of carboxylic acids is 4. The number of likely N-dealkylation sites (tertiary alicyclic amines) is 1. The highest BCUT2D eigenvalue weighted by Gasteiger charge is 2.40. The third-order valence-electron chi connectivity index (χ3n) is 12.4. The molecule has 0 radical (unpaired) electrons. The van der Waals surface area contributed by atoms with Crippen LogP contribution in [0, 0.1) is 5.92 Å². The van der Waals surface area contributed by atoms with E-state index in [2.05, 4.69) is 42.2 Å². The summed E-state index contributed by atoms with van der Waals surface area (Å²) in [6, 6.07) is -5.02. The molecular weight excluding hydrogens is 1150 g/mol. The van der Waals surface area contributed by atoms with Crippen molar-refractivity contribution >= 4 is 113 Å². The first-order chi connectivity index (χ1) is 40.0. The second-order valence-electron chi connectivity index (χ2n) is 19.7. The van der Waals surface area contributed by atoms with Gasteiger partial charge in [0.05, 0.1) is 30.6 Å². The van der Waals surface area contributed by atoms with Gasteiger partial charge >= 0.3 is 23.9 Å². The van der Waals surface area contributed by atoms with Crippen molar-refractivity contribution in [3.8, 4) is 0 Å². The standard InChI is InChI=1S/C51H75N13O20S/c1-26(2)42(48(80)59-31(9-7-16-55-27(3)66)44(76)57-29-14-12-28(13-15-29)23-84-25-65)63-37(67)11-5-4-6-18-64-38(68)22-36(49(64)81)85-24-35(50(82)83)62-47(79)34(21-41(73)74)61-46(78)33(20-40(71)72)60-45(77)32(10-8-17-56-51(53)54)58-43(75)30(52)19-39(69)70/h12-15,25-26,30-36,42H,4-11,16-24,52H2,1-3H3,(H,55,66)(H,57,76)(H,58,75)(H,59,80)(H,60,77)(H,61,78)(H,62,79)(H,63,67)(H,69,70)(H,71,72)(H,73,74)(H,82,83)(H4,53,54,56)/t30-,31-,32-,33-,34-,35-,36?,42-/m0/s1. The fourth-order valence-electron chi connectivity index (χ4n) is 7.98. The number of thioether (sulfide) groups is 1. The van der Waals surface area contributed by atoms with E-state index >= 15 is 0 Å². The Kier molecular flexibility index (Phi) is 31.7. The number of carboxylic acid groups (broad SMARTS) is 4. The van der Waals surface area contributed by atoms with Gasteiger partial charge in [0.2, 0.25) is 59.1 Å². The lowest BCUT2D eigenvalue weighted by Crippen LogP contribution is -2.59. The Morgan fingerprint density at radius 3 is 1.78 bits per heavy atom. The van der Waals surface area contributed by atoms with Gasteiger partial charge in [0.1, 0.15) is 42.9 Å². The summed E-state index contributed by atoms with van der Waals surface area (Å²) in [6.45, 7) is 5.10. The summed E-state index contributed by atoms with van der Waals surface area (Å²) in [5.41, 5.74) is 17.3. The number of aliphatic imine (C=N–C) groups is 1. The monoisotopic (exact) mass is 1220 g/mol. The number of carbonyl (C=O) groups excluding carboxylic acids is 11. The molecule has 1 aromatic rings. The number of nitrogens with zero attached hydrogens (tertiary/aromatic N) is 2. The average Bonchev–Trinajstić information content (AvgIpc) is 3.29. The Labute approximate surface area is 491 Å². The van der Waals surface area contributed by atoms with E-state index in [0.717, 1.165) is 4.90 Å². The minimum atomic E-state index is -2.10. The number of ether oxygens (including phenoxy) is 1. The number of imide groups is 1. The Hall–Kier alpha value is -8.95. The minimum Gasteiger partial charge on any atom is -0.481 e. The number of guanidine groups is 1. The molecule has 0 aromatic heterocycles. The number of hydrogen-bond acceptors (Lipinski definition) is 19. The number of nitrogens with two attached hydrogens (primary N) is 3. The number of nitrogens with one attached hydrogen (secondary N) is 8. The van der Waals surface area contributed by atoms with Gasteiger partial charge in [-0.3, -0.25) is 77.0 Å². The fourth-order valence-corrected chi connectivity index (χ4v) is 9.16. The van der Waals surface area contributed by atoms with Crippen molar-refractivity contribution < 1.29 is 97.1 Å². The molecule has 8 atom stereocenters. The average molecular weight is 1220 g/mol. The normalized spacial score (nSPS) is 15.2. The number of benzene rings is 1. The van der Waals surface area contributed by atoms with Crippen molar-refractivity contribution in [3.05, 3.63) is 29.8 Å². The van der Waals surface area contributed by atoms with Gasteiger partial charge in [-0.15, -0.1) is 11.8 Å². The maximum absolute atomic E-state index is 13.6. The maximum atomic E-state index is 13.6. The van der Waals surface area contributed by atoms with Gasteiger partial charge in [0.15, 0.2) is 5.96 Å². The zero-order valence-electron chi connectivity index (χ0n) is 47.0. The van der Waals surface area contributed by atoms with Gasteiger partial charge in [-0.1, -0.05) is 32.4 Å². The van der Waals surface area contributed by atoms with Crippen LogP contribution in [0.2, 0.25) is 0 Å². The van der Waals surface area contributed by atoms with Crippen LogP contribution in [0.3, 0.4) is 0 Å². The molecule has 470 valence electrons. The van der Waals surface area contributed by atoms with E-state index < -0.39 is 156 Å². The van der Waals surface area contributed by atoms with Crippen molar-refractivity contribution in [3.63, 3.8) is 0 Å². The summed E-state index contributed by atoms with van der Waals surface area (Å²) in [5, 5.41) is 56.1. The zero-order valence-corrected chi connectivity index (χ0v) is 47.8. The molecule has 1 aliphatic rings. The molecule has 10 amide bonds. The quantitative estimate of drug-likeness (QED) is 0.00979. The number of carbonyl (C=O) groups is 15. The van der Waals surface area contributed by atoms with E-state index in [1.165, 1.54) is 6.92 Å². The second-order valence-corrected chi connectivity index (χ2v) is 21.0. The molecule has 34 heteroatoms. The van der Waals surface area contributed by atoms with Gasteiger partial charge in [0.25, 0.3) is 6.47 Å². The van der Waals surface area contributed by atoms with Gasteiger partial charge < -0.3 is 84.9 Å². The van der Waals surface area contributed by atoms with Crippen LogP contribution in [-0.2, 0) is 83.3 Å². The first-order valence-corrected chi connectivity index (χ1v) is 27.7. The summed E-state index contributed by atoms with van der Waals surface area (Å²) in [7, 11) is 0. The third-order valence-corrected chi connectivity index (χ3v) is 13.7. The highest BCUT2D eigenvalue weighted by molar-refractivity contribution is 8.00. The van der Waals surface area contributed by atoms with E-state index in [-0.39, 0.29) is 83.1 Å². The molecule has 0 aliphatic carbocycles. The molecule has 0 spiro atoms. The van der Waals surface area contributed by atoms with Crippen LogP contribution in [0.4, 0.5) is 5.69 Å². The lowest BCUT2D eigenvalue weighted by atomic mass is 10.0. The molecule has 85 heavy (non-hydrogen) atoms. The largest absolute Gasteiger partial charge is 0.481 e. The highest BCUT2D eigenvalue weighted by Crippen LogP contribution is 2.26. The smallest absolute Gasteiger partial charge is 0.327 e. The van der Waals surface area contributed by atoms with Gasteiger partial charge in [-0.2, -0.15) is 0 Å². The van der Waals surface area contributed by atoms with Crippen molar-refractivity contribution in [1.29, 1.82) is 0 Å². The molecule has 1 fully saturated rings. The number of hydrogen-bond donors (Lipinski definition) is 15. The highest BCUT2D eigenvalue weighted by atomic mass is 32.2. The molecule has 1 saturated heterocycles. The van der Waals surface area contributed by atoms with Crippen molar-refractivity contribution in [2.45, 2.75) is 152 Å². The number of aliphatic carboxylic acids is 4. The predicted molar refractivity (Wildman–Crippen MR) is 299 cm³/mol. The lowest BCUT2D eigenvalue weighted by Gasteiger charge is -2.25. The first-order valence-electron chi connectivity index (χ1n) is 26.7. The van der Waals surface area contributed by atoms with Crippen molar-refractivity contribution in [2.75, 3.05) is 30.7 Å². The van der Waals surface area contributed by atoms with Crippen LogP contribution in [-0.4, -0.2) is 194 Å². The summed E-state index contributed by atoms with van der Waals surface area (Å²) in [5.74, 6) is -16.3. The Morgan fingerprint density at radius 1 is 0.694 bits per heavy atom. The molecular formula is C51H75N13O20S. The molecule has 0 bridgehead atoms. The van der Waals surface area contributed by atoms with Gasteiger partial charge in [0, 0.05) is 50.8 Å². The van der Waals surface area contributed by atoms with Crippen molar-refractivity contribution in [1.82, 2.24) is 42.1 Å². The Balaban J connectivity index is 2.04. The summed E-state index contributed by atoms with van der Waals surface area (Å²) in [6.07, 6.45) is -2.68. The SMILES string of the molecule is CC(=O)NCCC[C@H](NC(=O)[C@@H](NC(=O)CCCCCN1C(=O)CC(SC[C@H](NC(=O)[C@H](CC(=O)O)NC(=O)[C@H](CC(=O)O)NC(=O)[C@H](CCCN=C(N)N)NC(=O)[C@@H](N)CC(=O)O)C(=O)O)C1=O)C(C)C)C(=O)Nc1ccc(COC=O)cc1. The van der Waals surface area contributed by atoms with Gasteiger partial charge in [-0.05, 0) is 62.1 Å². The maximum Gasteiger partial charge on any atom is 0.327 e. The second kappa shape index (κ2) is 37.3. The minimum absolute atomic E-state index is 0.00777. The number of unbranched alkanes of at least 4 members (excludes halogenated alkanes) is 2.